The molecular weight excluding hydrogens is 262 g/mol. The van der Waals surface area contributed by atoms with Gasteiger partial charge in [-0.25, -0.2) is 0 Å². The average molecular weight is 268 g/mol. The Kier molecular flexibility index (Phi) is 2.40. The lowest BCUT2D eigenvalue weighted by Gasteiger charge is -2.11. The van der Waals surface area contributed by atoms with Crippen molar-refractivity contribution in [1.29, 1.82) is 0 Å². The van der Waals surface area contributed by atoms with Crippen LogP contribution in [-0.2, 0) is 9.59 Å². The number of carbonyl (C=O) groups is 3. The third-order valence-corrected chi connectivity index (χ3v) is 2.68. The number of ketones is 1. The molecule has 2 rings (SSSR count). The Balaban J connectivity index is 2.55. The van der Waals surface area contributed by atoms with Crippen molar-refractivity contribution < 1.29 is 14.4 Å². The molecule has 0 unspecified atom stereocenters. The second-order valence-electron chi connectivity index (χ2n) is 3.07. The van der Waals surface area contributed by atoms with Gasteiger partial charge in [-0.3, -0.25) is 14.5 Å². The van der Waals surface area contributed by atoms with Crippen molar-refractivity contribution in [2.45, 2.75) is 0 Å². The predicted octanol–water partition coefficient (Wildman–Crippen LogP) is 1.18. The van der Waals surface area contributed by atoms with Gasteiger partial charge in [0.05, 0.1) is 17.8 Å². The summed E-state index contributed by atoms with van der Waals surface area (Å²) in [7, 11) is 0. The highest BCUT2D eigenvalue weighted by Gasteiger charge is 2.35. The highest BCUT2D eigenvalue weighted by molar-refractivity contribution is 9.10. The maximum atomic E-state index is 11.5. The Labute approximate surface area is 94.0 Å². The number of carbonyl (C=O) groups excluding carboxylic acids is 3. The number of rotatable bonds is 2. The van der Waals surface area contributed by atoms with E-state index in [1.54, 1.807) is 18.2 Å². The summed E-state index contributed by atoms with van der Waals surface area (Å²) < 4.78 is 0.732. The monoisotopic (exact) mass is 267 g/mol. The maximum absolute atomic E-state index is 11.5. The van der Waals surface area contributed by atoms with Crippen LogP contribution < -0.4 is 4.90 Å². The summed E-state index contributed by atoms with van der Waals surface area (Å²) in [5.41, 5.74) is 0.844. The zero-order chi connectivity index (χ0) is 11.0. The normalized spacial score (nSPS) is 14.3. The first-order valence-corrected chi connectivity index (χ1v) is 5.04. The van der Waals surface area contributed by atoms with Crippen LogP contribution >= 0.6 is 15.9 Å². The Morgan fingerprint density at radius 3 is 2.73 bits per heavy atom. The number of hydrogen-bond acceptors (Lipinski definition) is 3. The lowest BCUT2D eigenvalue weighted by molar-refractivity contribution is -0.115. The number of nitrogens with zero attached hydrogens (tertiary/aromatic N) is 1. The highest BCUT2D eigenvalue weighted by Crippen LogP contribution is 2.30. The van der Waals surface area contributed by atoms with Gasteiger partial charge in [-0.2, -0.15) is 0 Å². The minimum absolute atomic E-state index is 0.0841. The Bertz CT molecular complexity index is 470. The molecule has 1 aliphatic rings. The van der Waals surface area contributed by atoms with Gasteiger partial charge >= 0.3 is 0 Å². The van der Waals surface area contributed by atoms with Crippen molar-refractivity contribution >= 4 is 39.6 Å². The van der Waals surface area contributed by atoms with Crippen LogP contribution in [0.1, 0.15) is 10.4 Å². The molecule has 0 fully saturated rings. The number of anilines is 1. The van der Waals surface area contributed by atoms with E-state index >= 15 is 0 Å². The van der Waals surface area contributed by atoms with Crippen molar-refractivity contribution in [2.24, 2.45) is 0 Å². The van der Waals surface area contributed by atoms with Crippen molar-refractivity contribution in [1.82, 2.24) is 0 Å². The van der Waals surface area contributed by atoms with Gasteiger partial charge in [0.25, 0.3) is 11.7 Å². The SMILES string of the molecule is O=CCN1C(=O)C(=O)c2cc(Br)ccc21. The zero-order valence-electron chi connectivity index (χ0n) is 7.57. The van der Waals surface area contributed by atoms with E-state index in [1.165, 1.54) is 4.90 Å². The van der Waals surface area contributed by atoms with Gasteiger partial charge in [-0.05, 0) is 18.2 Å². The summed E-state index contributed by atoms with van der Waals surface area (Å²) in [5.74, 6) is -1.21. The first kappa shape index (κ1) is 10.0. The molecule has 4 nitrogen and oxygen atoms in total. The largest absolute Gasteiger partial charge is 0.301 e. The van der Waals surface area contributed by atoms with Crippen LogP contribution in [0.3, 0.4) is 0 Å². The topological polar surface area (TPSA) is 54.5 Å². The van der Waals surface area contributed by atoms with E-state index in [-0.39, 0.29) is 6.54 Å². The summed E-state index contributed by atoms with van der Waals surface area (Å²) in [4.78, 5) is 34.5. The number of hydrogen-bond donors (Lipinski definition) is 0. The summed E-state index contributed by atoms with van der Waals surface area (Å²) in [6.45, 7) is -0.0841. The van der Waals surface area contributed by atoms with E-state index in [0.29, 0.717) is 17.5 Å². The lowest BCUT2D eigenvalue weighted by Crippen LogP contribution is -2.31. The average Bonchev–Trinajstić information content (AvgIpc) is 2.44. The second-order valence-corrected chi connectivity index (χ2v) is 3.99. The van der Waals surface area contributed by atoms with Crippen LogP contribution in [0, 0.1) is 0 Å². The smallest absolute Gasteiger partial charge is 0.299 e. The predicted molar refractivity (Wildman–Crippen MR) is 56.9 cm³/mol. The molecule has 0 aliphatic carbocycles. The second kappa shape index (κ2) is 3.58. The first-order chi connectivity index (χ1) is 7.15. The van der Waals surface area contributed by atoms with E-state index in [9.17, 15) is 14.4 Å². The fraction of sp³-hybridized carbons (Fsp3) is 0.100. The van der Waals surface area contributed by atoms with Crippen LogP contribution in [0.4, 0.5) is 5.69 Å². The summed E-state index contributed by atoms with van der Waals surface area (Å²) in [5, 5.41) is 0. The third kappa shape index (κ3) is 1.48. The Morgan fingerprint density at radius 1 is 1.33 bits per heavy atom. The molecule has 0 aromatic heterocycles. The zero-order valence-corrected chi connectivity index (χ0v) is 9.15. The van der Waals surface area contributed by atoms with E-state index in [4.69, 9.17) is 0 Å². The number of Topliss-reactive ketones (excluding diaryl/α,β-unsaturated/α-hetero) is 1. The summed E-state index contributed by atoms with van der Waals surface area (Å²) >= 11 is 3.22. The molecule has 0 saturated carbocycles. The molecule has 76 valence electrons. The molecule has 15 heavy (non-hydrogen) atoms. The third-order valence-electron chi connectivity index (χ3n) is 2.19. The van der Waals surface area contributed by atoms with Gasteiger partial charge in [-0.15, -0.1) is 0 Å². The van der Waals surface area contributed by atoms with Crippen LogP contribution in [0.5, 0.6) is 0 Å². The molecule has 0 radical (unpaired) electrons. The molecule has 5 heteroatoms. The van der Waals surface area contributed by atoms with Gasteiger partial charge in [0.15, 0.2) is 0 Å². The summed E-state index contributed by atoms with van der Waals surface area (Å²) in [6, 6.07) is 4.95. The molecule has 0 spiro atoms. The number of halogens is 1. The van der Waals surface area contributed by atoms with E-state index in [2.05, 4.69) is 15.9 Å². The Morgan fingerprint density at radius 2 is 2.07 bits per heavy atom. The van der Waals surface area contributed by atoms with Crippen LogP contribution in [0.15, 0.2) is 22.7 Å². The molecule has 0 N–H and O–H groups in total. The Hall–Kier alpha value is -1.49. The van der Waals surface area contributed by atoms with Crippen LogP contribution in [0.2, 0.25) is 0 Å². The van der Waals surface area contributed by atoms with Gasteiger partial charge in [0, 0.05) is 4.47 Å². The summed E-state index contributed by atoms with van der Waals surface area (Å²) in [6.07, 6.45) is 0.600. The number of fused-ring (bicyclic) bond motifs is 1. The van der Waals surface area contributed by atoms with E-state index in [1.807, 2.05) is 0 Å². The quantitative estimate of drug-likeness (QED) is 0.597. The molecule has 1 amide bonds. The maximum Gasteiger partial charge on any atom is 0.299 e. The lowest BCUT2D eigenvalue weighted by atomic mass is 10.1. The number of amides is 1. The van der Waals surface area contributed by atoms with Gasteiger partial charge in [-0.1, -0.05) is 15.9 Å². The fourth-order valence-electron chi connectivity index (χ4n) is 1.53. The number of aldehydes is 1. The molecule has 1 heterocycles. The minimum Gasteiger partial charge on any atom is -0.301 e. The van der Waals surface area contributed by atoms with Gasteiger partial charge in [0.2, 0.25) is 0 Å². The molecule has 0 bridgehead atoms. The van der Waals surface area contributed by atoms with Crippen molar-refractivity contribution in [3.63, 3.8) is 0 Å². The molecule has 1 aliphatic heterocycles. The molecular formula is C10H6BrNO3. The molecule has 0 atom stereocenters. The van der Waals surface area contributed by atoms with Crippen molar-refractivity contribution in [3.8, 4) is 0 Å². The van der Waals surface area contributed by atoms with Gasteiger partial charge in [0.1, 0.15) is 6.29 Å². The van der Waals surface area contributed by atoms with E-state index < -0.39 is 11.7 Å². The standard InChI is InChI=1S/C10H6BrNO3/c11-6-1-2-8-7(5-6)9(14)10(15)12(8)3-4-13/h1-2,4-5H,3H2. The fourth-order valence-corrected chi connectivity index (χ4v) is 1.89. The van der Waals surface area contributed by atoms with Crippen LogP contribution in [-0.4, -0.2) is 24.5 Å². The van der Waals surface area contributed by atoms with Gasteiger partial charge < -0.3 is 4.79 Å². The molecule has 0 saturated heterocycles. The molecule has 1 aromatic carbocycles. The highest BCUT2D eigenvalue weighted by atomic mass is 79.9. The minimum atomic E-state index is -0.643. The first-order valence-electron chi connectivity index (χ1n) is 4.24. The van der Waals surface area contributed by atoms with Crippen molar-refractivity contribution in [2.75, 3.05) is 11.4 Å². The number of benzene rings is 1. The molecule has 1 aromatic rings. The van der Waals surface area contributed by atoms with Crippen molar-refractivity contribution in [3.05, 3.63) is 28.2 Å². The van der Waals surface area contributed by atoms with Crippen LogP contribution in [0.25, 0.3) is 0 Å². The van der Waals surface area contributed by atoms with E-state index in [0.717, 1.165) is 4.47 Å².